The quantitative estimate of drug-likeness (QED) is 0.601. The number of rotatable bonds is 6. The lowest BCUT2D eigenvalue weighted by Gasteiger charge is -2.09. The van der Waals surface area contributed by atoms with Crippen molar-refractivity contribution in [2.45, 2.75) is 46.6 Å². The number of benzene rings is 2. The minimum atomic E-state index is -0.408. The maximum atomic E-state index is 11.7. The van der Waals surface area contributed by atoms with E-state index >= 15 is 0 Å². The van der Waals surface area contributed by atoms with Crippen molar-refractivity contribution in [1.82, 2.24) is 5.32 Å². The van der Waals surface area contributed by atoms with Gasteiger partial charge in [0.15, 0.2) is 0 Å². The first-order valence-corrected chi connectivity index (χ1v) is 9.19. The lowest BCUT2D eigenvalue weighted by atomic mass is 9.95. The number of carbonyl (C=O) groups is 1. The number of hydrogen-bond acceptors (Lipinski definition) is 2. The second-order valence-corrected chi connectivity index (χ2v) is 6.21. The van der Waals surface area contributed by atoms with Crippen LogP contribution in [0.15, 0.2) is 42.5 Å². The summed E-state index contributed by atoms with van der Waals surface area (Å²) >= 11 is 0. The Labute approximate surface area is 156 Å². The Kier molecular flexibility index (Phi) is 7.76. The molecule has 1 amide bonds. The first-order valence-electron chi connectivity index (χ1n) is 9.19. The minimum Gasteiger partial charge on any atom is -0.445 e. The van der Waals surface area contributed by atoms with Gasteiger partial charge in [-0.2, -0.15) is 0 Å². The SMILES string of the molecule is CCc1cc(C)cc(CC)c1C#CCCNC(=O)OCc1ccccc1. The van der Waals surface area contributed by atoms with Crippen LogP contribution in [-0.4, -0.2) is 12.6 Å². The monoisotopic (exact) mass is 349 g/mol. The fraction of sp³-hybridized carbons (Fsp3) is 0.348. The van der Waals surface area contributed by atoms with Crippen LogP contribution in [0.5, 0.6) is 0 Å². The molecule has 0 radical (unpaired) electrons. The molecule has 0 unspecified atom stereocenters. The summed E-state index contributed by atoms with van der Waals surface area (Å²) in [5.74, 6) is 6.48. The van der Waals surface area contributed by atoms with Crippen LogP contribution in [0.2, 0.25) is 0 Å². The number of carbonyl (C=O) groups excluding carboxylic acids is 1. The molecule has 0 aromatic heterocycles. The molecule has 2 aromatic carbocycles. The van der Waals surface area contributed by atoms with E-state index in [0.717, 1.165) is 24.0 Å². The molecule has 0 heterocycles. The first-order chi connectivity index (χ1) is 12.6. The van der Waals surface area contributed by atoms with E-state index in [1.54, 1.807) is 0 Å². The summed E-state index contributed by atoms with van der Waals surface area (Å²) in [6, 6.07) is 14.1. The lowest BCUT2D eigenvalue weighted by molar-refractivity contribution is 0.140. The fourth-order valence-electron chi connectivity index (χ4n) is 2.81. The van der Waals surface area contributed by atoms with E-state index in [1.165, 1.54) is 16.7 Å². The summed E-state index contributed by atoms with van der Waals surface area (Å²) in [4.78, 5) is 11.7. The van der Waals surface area contributed by atoms with Gasteiger partial charge in [0.2, 0.25) is 0 Å². The largest absolute Gasteiger partial charge is 0.445 e. The van der Waals surface area contributed by atoms with Crippen LogP contribution in [0.4, 0.5) is 4.79 Å². The van der Waals surface area contributed by atoms with Crippen molar-refractivity contribution in [3.8, 4) is 11.8 Å². The van der Waals surface area contributed by atoms with Gasteiger partial charge in [0.05, 0.1) is 0 Å². The van der Waals surface area contributed by atoms with Gasteiger partial charge in [-0.3, -0.25) is 0 Å². The highest BCUT2D eigenvalue weighted by Crippen LogP contribution is 2.18. The van der Waals surface area contributed by atoms with Gasteiger partial charge < -0.3 is 10.1 Å². The van der Waals surface area contributed by atoms with Gasteiger partial charge in [-0.15, -0.1) is 0 Å². The molecule has 0 fully saturated rings. The van der Waals surface area contributed by atoms with Crippen LogP contribution in [0, 0.1) is 18.8 Å². The fourth-order valence-corrected chi connectivity index (χ4v) is 2.81. The zero-order valence-corrected chi connectivity index (χ0v) is 15.9. The van der Waals surface area contributed by atoms with Crippen molar-refractivity contribution in [1.29, 1.82) is 0 Å². The molecule has 136 valence electrons. The molecule has 2 aromatic rings. The van der Waals surface area contributed by atoms with E-state index in [2.05, 4.69) is 50.1 Å². The summed E-state index contributed by atoms with van der Waals surface area (Å²) in [5.41, 5.74) is 5.99. The average Bonchev–Trinajstić information content (AvgIpc) is 2.67. The second-order valence-electron chi connectivity index (χ2n) is 6.21. The Bertz CT molecular complexity index is 760. The van der Waals surface area contributed by atoms with E-state index in [0.29, 0.717) is 13.0 Å². The maximum absolute atomic E-state index is 11.7. The zero-order valence-electron chi connectivity index (χ0n) is 15.9. The highest BCUT2D eigenvalue weighted by Gasteiger charge is 2.05. The Morgan fingerprint density at radius 1 is 1.08 bits per heavy atom. The smallest absolute Gasteiger partial charge is 0.407 e. The highest BCUT2D eigenvalue weighted by molar-refractivity contribution is 5.67. The molecule has 0 aliphatic carbocycles. The molecular formula is C23H27NO2. The summed E-state index contributed by atoms with van der Waals surface area (Å²) in [7, 11) is 0. The summed E-state index contributed by atoms with van der Waals surface area (Å²) in [6.45, 7) is 7.20. The van der Waals surface area contributed by atoms with Crippen molar-refractivity contribution in [2.75, 3.05) is 6.54 Å². The van der Waals surface area contributed by atoms with E-state index in [9.17, 15) is 4.79 Å². The minimum absolute atomic E-state index is 0.279. The number of ether oxygens (including phenoxy) is 1. The average molecular weight is 349 g/mol. The van der Waals surface area contributed by atoms with E-state index in [1.807, 2.05) is 30.3 Å². The van der Waals surface area contributed by atoms with E-state index in [-0.39, 0.29) is 6.61 Å². The molecule has 3 heteroatoms. The number of aryl methyl sites for hydroxylation is 3. The maximum Gasteiger partial charge on any atom is 0.407 e. The van der Waals surface area contributed by atoms with Crippen LogP contribution in [-0.2, 0) is 24.2 Å². The molecule has 0 saturated heterocycles. The van der Waals surface area contributed by atoms with Crippen molar-refractivity contribution in [3.63, 3.8) is 0 Å². The van der Waals surface area contributed by atoms with Crippen LogP contribution < -0.4 is 5.32 Å². The van der Waals surface area contributed by atoms with Gasteiger partial charge in [0.25, 0.3) is 0 Å². The van der Waals surface area contributed by atoms with Crippen LogP contribution in [0.1, 0.15) is 48.1 Å². The van der Waals surface area contributed by atoms with Gasteiger partial charge in [-0.1, -0.05) is 73.7 Å². The zero-order chi connectivity index (χ0) is 18.8. The summed E-state index contributed by atoms with van der Waals surface area (Å²) in [6.07, 6.45) is 2.14. The number of hydrogen-bond donors (Lipinski definition) is 1. The van der Waals surface area contributed by atoms with Gasteiger partial charge >= 0.3 is 6.09 Å². The molecule has 26 heavy (non-hydrogen) atoms. The van der Waals surface area contributed by atoms with Crippen LogP contribution in [0.3, 0.4) is 0 Å². The molecule has 0 spiro atoms. The Hall–Kier alpha value is -2.73. The molecular weight excluding hydrogens is 322 g/mol. The van der Waals surface area contributed by atoms with Crippen molar-refractivity contribution in [2.24, 2.45) is 0 Å². The molecule has 0 aliphatic heterocycles. The predicted molar refractivity (Wildman–Crippen MR) is 106 cm³/mol. The lowest BCUT2D eigenvalue weighted by Crippen LogP contribution is -2.24. The number of nitrogens with one attached hydrogen (secondary N) is 1. The van der Waals surface area contributed by atoms with Gasteiger partial charge in [-0.25, -0.2) is 4.79 Å². The highest BCUT2D eigenvalue weighted by atomic mass is 16.5. The first kappa shape index (κ1) is 19.6. The predicted octanol–water partition coefficient (Wildman–Crippen LogP) is 4.79. The molecule has 0 saturated carbocycles. The van der Waals surface area contributed by atoms with E-state index in [4.69, 9.17) is 4.74 Å². The van der Waals surface area contributed by atoms with Gasteiger partial charge in [0.1, 0.15) is 6.61 Å². The number of amides is 1. The third kappa shape index (κ3) is 5.97. The molecule has 0 atom stereocenters. The third-order valence-electron chi connectivity index (χ3n) is 4.15. The summed E-state index contributed by atoms with van der Waals surface area (Å²) < 4.78 is 5.18. The van der Waals surface area contributed by atoms with Crippen molar-refractivity contribution >= 4 is 6.09 Å². The van der Waals surface area contributed by atoms with Gasteiger partial charge in [0, 0.05) is 18.5 Å². The molecule has 1 N–H and O–H groups in total. The molecule has 0 bridgehead atoms. The topological polar surface area (TPSA) is 38.3 Å². The number of alkyl carbamates (subject to hydrolysis) is 1. The normalized spacial score (nSPS) is 9.96. The third-order valence-corrected chi connectivity index (χ3v) is 4.15. The Morgan fingerprint density at radius 2 is 1.73 bits per heavy atom. The molecule has 3 nitrogen and oxygen atoms in total. The summed E-state index contributed by atoms with van der Waals surface area (Å²) in [5, 5.41) is 2.74. The van der Waals surface area contributed by atoms with E-state index < -0.39 is 6.09 Å². The van der Waals surface area contributed by atoms with Crippen LogP contribution in [0.25, 0.3) is 0 Å². The second kappa shape index (κ2) is 10.3. The Morgan fingerprint density at radius 3 is 2.35 bits per heavy atom. The van der Waals surface area contributed by atoms with Crippen molar-refractivity contribution in [3.05, 3.63) is 70.3 Å². The van der Waals surface area contributed by atoms with Gasteiger partial charge in [-0.05, 0) is 36.5 Å². The molecule has 2 rings (SSSR count). The standard InChI is InChI=1S/C23H27NO2/c1-4-20-15-18(3)16-21(5-2)22(20)13-9-10-14-24-23(25)26-17-19-11-7-6-8-12-19/h6-8,11-12,15-16H,4-5,10,14,17H2,1-3H3,(H,24,25). The molecule has 0 aliphatic rings. The van der Waals surface area contributed by atoms with Crippen molar-refractivity contribution < 1.29 is 9.53 Å². The van der Waals surface area contributed by atoms with Crippen LogP contribution >= 0.6 is 0 Å². The Balaban J connectivity index is 1.83.